The van der Waals surface area contributed by atoms with Crippen LogP contribution in [-0.2, 0) is 6.54 Å². The quantitative estimate of drug-likeness (QED) is 0.604. The van der Waals surface area contributed by atoms with Crippen LogP contribution in [0.25, 0.3) is 6.08 Å². The summed E-state index contributed by atoms with van der Waals surface area (Å²) in [6, 6.07) is 5.03. The number of benzene rings is 1. The molecule has 1 aromatic heterocycles. The maximum atomic E-state index is 12.3. The van der Waals surface area contributed by atoms with E-state index >= 15 is 0 Å². The van der Waals surface area contributed by atoms with Gasteiger partial charge in [0.15, 0.2) is 17.3 Å². The minimum Gasteiger partial charge on any atom is -0.493 e. The Kier molecular flexibility index (Phi) is 5.22. The SMILES string of the molecule is CCn1ncc(Cl)c1/C=C/C(=O)c1ccc(OC)c(OC)c1. The zero-order chi connectivity index (χ0) is 16.1. The molecule has 6 heteroatoms. The van der Waals surface area contributed by atoms with E-state index in [-0.39, 0.29) is 5.78 Å². The standard InChI is InChI=1S/C16H17ClN2O3/c1-4-19-13(12(17)10-18-19)6-7-14(20)11-5-8-15(21-2)16(9-11)22-3/h5-10H,4H2,1-3H3/b7-6+. The third-order valence-corrected chi connectivity index (χ3v) is 3.48. The fraction of sp³-hybridized carbons (Fsp3) is 0.250. The Hall–Kier alpha value is -2.27. The molecule has 0 aliphatic rings. The van der Waals surface area contributed by atoms with E-state index in [1.54, 1.807) is 42.3 Å². The average Bonchev–Trinajstić information content (AvgIpc) is 2.91. The molecule has 0 saturated carbocycles. The van der Waals surface area contributed by atoms with Crippen LogP contribution in [-0.4, -0.2) is 29.8 Å². The number of carbonyl (C=O) groups is 1. The molecule has 5 nitrogen and oxygen atoms in total. The number of aryl methyl sites for hydroxylation is 1. The van der Waals surface area contributed by atoms with E-state index in [1.165, 1.54) is 13.2 Å². The summed E-state index contributed by atoms with van der Waals surface area (Å²) in [7, 11) is 3.08. The number of rotatable bonds is 6. The molecule has 0 amide bonds. The lowest BCUT2D eigenvalue weighted by atomic mass is 10.1. The first kappa shape index (κ1) is 16.1. The molecular weight excluding hydrogens is 304 g/mol. The summed E-state index contributed by atoms with van der Waals surface area (Å²) in [5.41, 5.74) is 1.21. The minimum atomic E-state index is -0.152. The summed E-state index contributed by atoms with van der Waals surface area (Å²) in [4.78, 5) is 12.3. The monoisotopic (exact) mass is 320 g/mol. The van der Waals surface area contributed by atoms with Gasteiger partial charge in [0.1, 0.15) is 0 Å². The van der Waals surface area contributed by atoms with Gasteiger partial charge in [-0.2, -0.15) is 5.10 Å². The molecule has 0 spiro atoms. The van der Waals surface area contributed by atoms with Crippen molar-refractivity contribution in [3.8, 4) is 11.5 Å². The van der Waals surface area contributed by atoms with Crippen LogP contribution in [0.1, 0.15) is 23.0 Å². The largest absolute Gasteiger partial charge is 0.493 e. The van der Waals surface area contributed by atoms with Crippen molar-refractivity contribution in [2.45, 2.75) is 13.5 Å². The van der Waals surface area contributed by atoms with Gasteiger partial charge in [-0.1, -0.05) is 11.6 Å². The zero-order valence-corrected chi connectivity index (χ0v) is 13.4. The topological polar surface area (TPSA) is 53.4 Å². The smallest absolute Gasteiger partial charge is 0.186 e. The molecule has 22 heavy (non-hydrogen) atoms. The molecule has 0 fully saturated rings. The molecule has 2 aromatic rings. The van der Waals surface area contributed by atoms with E-state index in [0.29, 0.717) is 34.3 Å². The van der Waals surface area contributed by atoms with Crippen molar-refractivity contribution < 1.29 is 14.3 Å². The first-order valence-corrected chi connectivity index (χ1v) is 7.14. The molecule has 1 heterocycles. The van der Waals surface area contributed by atoms with E-state index in [4.69, 9.17) is 21.1 Å². The number of hydrogen-bond donors (Lipinski definition) is 0. The van der Waals surface area contributed by atoms with Gasteiger partial charge in [0, 0.05) is 12.1 Å². The number of methoxy groups -OCH3 is 2. The maximum Gasteiger partial charge on any atom is 0.186 e. The second-order valence-electron chi connectivity index (χ2n) is 4.46. The second-order valence-corrected chi connectivity index (χ2v) is 4.87. The number of allylic oxidation sites excluding steroid dienone is 1. The van der Waals surface area contributed by atoms with Crippen LogP contribution in [0.2, 0.25) is 5.02 Å². The van der Waals surface area contributed by atoms with Crippen LogP contribution >= 0.6 is 11.6 Å². The Balaban J connectivity index is 2.25. The third kappa shape index (κ3) is 3.31. The highest BCUT2D eigenvalue weighted by atomic mass is 35.5. The zero-order valence-electron chi connectivity index (χ0n) is 12.7. The Labute approximate surface area is 134 Å². The van der Waals surface area contributed by atoms with Crippen molar-refractivity contribution in [2.24, 2.45) is 0 Å². The fourth-order valence-corrected chi connectivity index (χ4v) is 2.23. The van der Waals surface area contributed by atoms with Crippen molar-refractivity contribution in [3.05, 3.63) is 46.8 Å². The van der Waals surface area contributed by atoms with Crippen molar-refractivity contribution in [1.29, 1.82) is 0 Å². The lowest BCUT2D eigenvalue weighted by Crippen LogP contribution is -2.00. The fourth-order valence-electron chi connectivity index (χ4n) is 2.03. The molecule has 0 saturated heterocycles. The van der Waals surface area contributed by atoms with Crippen molar-refractivity contribution in [2.75, 3.05) is 14.2 Å². The first-order valence-electron chi connectivity index (χ1n) is 6.76. The molecule has 2 rings (SSSR count). The van der Waals surface area contributed by atoms with Crippen LogP contribution in [0.3, 0.4) is 0 Å². The van der Waals surface area contributed by atoms with Gasteiger partial charge in [0.2, 0.25) is 0 Å². The number of aromatic nitrogens is 2. The summed E-state index contributed by atoms with van der Waals surface area (Å²) >= 11 is 6.06. The minimum absolute atomic E-state index is 0.152. The van der Waals surface area contributed by atoms with E-state index < -0.39 is 0 Å². The number of carbonyl (C=O) groups excluding carboxylic acids is 1. The molecular formula is C16H17ClN2O3. The summed E-state index contributed by atoms with van der Waals surface area (Å²) in [6.07, 6.45) is 4.69. The van der Waals surface area contributed by atoms with Crippen LogP contribution in [0.5, 0.6) is 11.5 Å². The van der Waals surface area contributed by atoms with Gasteiger partial charge in [0.05, 0.1) is 31.1 Å². The molecule has 0 aliphatic heterocycles. The highest BCUT2D eigenvalue weighted by Gasteiger charge is 2.10. The number of hydrogen-bond acceptors (Lipinski definition) is 4. The Morgan fingerprint density at radius 3 is 2.68 bits per heavy atom. The van der Waals surface area contributed by atoms with Crippen LogP contribution in [0.15, 0.2) is 30.5 Å². The van der Waals surface area contributed by atoms with Gasteiger partial charge < -0.3 is 9.47 Å². The number of ether oxygens (including phenoxy) is 2. The second kappa shape index (κ2) is 7.13. The summed E-state index contributed by atoms with van der Waals surface area (Å²) < 4.78 is 12.1. The van der Waals surface area contributed by atoms with Crippen LogP contribution in [0.4, 0.5) is 0 Å². The summed E-state index contributed by atoms with van der Waals surface area (Å²) in [5.74, 6) is 0.939. The number of ketones is 1. The number of nitrogens with zero attached hydrogens (tertiary/aromatic N) is 2. The predicted octanol–water partition coefficient (Wildman–Crippen LogP) is 3.47. The van der Waals surface area contributed by atoms with Crippen molar-refractivity contribution in [3.63, 3.8) is 0 Å². The lowest BCUT2D eigenvalue weighted by Gasteiger charge is -2.08. The predicted molar refractivity (Wildman–Crippen MR) is 85.8 cm³/mol. The highest BCUT2D eigenvalue weighted by molar-refractivity contribution is 6.31. The van der Waals surface area contributed by atoms with E-state index in [9.17, 15) is 4.79 Å². The summed E-state index contributed by atoms with van der Waals surface area (Å²) in [6.45, 7) is 2.63. The van der Waals surface area contributed by atoms with E-state index in [1.807, 2.05) is 6.92 Å². The van der Waals surface area contributed by atoms with Gasteiger partial charge in [-0.15, -0.1) is 0 Å². The molecule has 0 bridgehead atoms. The molecule has 0 atom stereocenters. The molecule has 0 radical (unpaired) electrons. The summed E-state index contributed by atoms with van der Waals surface area (Å²) in [5, 5.41) is 4.63. The van der Waals surface area contributed by atoms with Crippen molar-refractivity contribution in [1.82, 2.24) is 9.78 Å². The van der Waals surface area contributed by atoms with Gasteiger partial charge in [-0.05, 0) is 37.3 Å². The van der Waals surface area contributed by atoms with Crippen LogP contribution in [0, 0.1) is 0 Å². The molecule has 0 N–H and O–H groups in total. The Morgan fingerprint density at radius 2 is 2.05 bits per heavy atom. The molecule has 0 aliphatic carbocycles. The number of halogens is 1. The van der Waals surface area contributed by atoms with Crippen LogP contribution < -0.4 is 9.47 Å². The highest BCUT2D eigenvalue weighted by Crippen LogP contribution is 2.28. The van der Waals surface area contributed by atoms with Crippen molar-refractivity contribution >= 4 is 23.5 Å². The first-order chi connectivity index (χ1) is 10.6. The van der Waals surface area contributed by atoms with E-state index in [0.717, 1.165) is 0 Å². The van der Waals surface area contributed by atoms with Gasteiger partial charge in [-0.3, -0.25) is 9.48 Å². The molecule has 0 unspecified atom stereocenters. The van der Waals surface area contributed by atoms with E-state index in [2.05, 4.69) is 5.10 Å². The Morgan fingerprint density at radius 1 is 1.32 bits per heavy atom. The third-order valence-electron chi connectivity index (χ3n) is 3.19. The van der Waals surface area contributed by atoms with Gasteiger partial charge in [0.25, 0.3) is 0 Å². The van der Waals surface area contributed by atoms with Gasteiger partial charge >= 0.3 is 0 Å². The Bertz CT molecular complexity index is 707. The normalized spacial score (nSPS) is 10.9. The average molecular weight is 321 g/mol. The van der Waals surface area contributed by atoms with Gasteiger partial charge in [-0.25, -0.2) is 0 Å². The lowest BCUT2D eigenvalue weighted by molar-refractivity contribution is 0.104. The molecule has 116 valence electrons. The maximum absolute atomic E-state index is 12.3. The molecule has 1 aromatic carbocycles.